The van der Waals surface area contributed by atoms with E-state index >= 15 is 0 Å². The Morgan fingerprint density at radius 2 is 1.73 bits per heavy atom. The Morgan fingerprint density at radius 3 is 2.42 bits per heavy atom. The summed E-state index contributed by atoms with van der Waals surface area (Å²) in [5.74, 6) is -0.102. The van der Waals surface area contributed by atoms with Gasteiger partial charge in [0.1, 0.15) is 0 Å². The minimum absolute atomic E-state index is 0.102. The van der Waals surface area contributed by atoms with E-state index in [1.54, 1.807) is 6.07 Å². The van der Waals surface area contributed by atoms with Crippen molar-refractivity contribution in [2.75, 3.05) is 39.5 Å². The van der Waals surface area contributed by atoms with Gasteiger partial charge >= 0.3 is 0 Å². The number of anilines is 1. The van der Waals surface area contributed by atoms with E-state index in [-0.39, 0.29) is 5.91 Å². The molecule has 0 aliphatic carbocycles. The van der Waals surface area contributed by atoms with Gasteiger partial charge in [-0.2, -0.15) is 0 Å². The second-order valence-corrected chi connectivity index (χ2v) is 7.76. The summed E-state index contributed by atoms with van der Waals surface area (Å²) in [5.41, 5.74) is 1.40. The molecule has 0 fully saturated rings. The number of nitrogens with zero attached hydrogens (tertiary/aromatic N) is 2. The Hall–Kier alpha value is -1.59. The van der Waals surface area contributed by atoms with Crippen molar-refractivity contribution in [3.05, 3.63) is 63.6 Å². The molecule has 3 rings (SSSR count). The highest BCUT2D eigenvalue weighted by Crippen LogP contribution is 2.47. The van der Waals surface area contributed by atoms with Gasteiger partial charge in [-0.1, -0.05) is 41.4 Å². The Morgan fingerprint density at radius 1 is 1.00 bits per heavy atom. The normalized spacial score (nSPS) is 19.1. The molecule has 2 aromatic carbocycles. The zero-order chi connectivity index (χ0) is 18.9. The number of hydrogen-bond acceptors (Lipinski definition) is 3. The summed E-state index contributed by atoms with van der Waals surface area (Å²) in [6.07, 6.45) is 0.929. The maximum Gasteiger partial charge on any atom is 0.254 e. The van der Waals surface area contributed by atoms with Crippen molar-refractivity contribution in [2.24, 2.45) is 0 Å². The van der Waals surface area contributed by atoms with Crippen molar-refractivity contribution >= 4 is 34.8 Å². The highest BCUT2D eigenvalue weighted by molar-refractivity contribution is 6.32. The van der Waals surface area contributed by atoms with Gasteiger partial charge in [0.2, 0.25) is 0 Å². The topological polar surface area (TPSA) is 35.6 Å². The molecule has 1 aliphatic rings. The maximum atomic E-state index is 13.3. The molecule has 4 nitrogen and oxygen atoms in total. The van der Waals surface area contributed by atoms with Crippen LogP contribution in [0.1, 0.15) is 17.5 Å². The first-order valence-electron chi connectivity index (χ1n) is 8.60. The van der Waals surface area contributed by atoms with Crippen LogP contribution in [0.2, 0.25) is 10.0 Å². The Kier molecular flexibility index (Phi) is 5.58. The number of halogens is 2. The van der Waals surface area contributed by atoms with Crippen molar-refractivity contribution < 1.29 is 4.79 Å². The molecule has 1 heterocycles. The number of carbonyl (C=O) groups is 1. The van der Waals surface area contributed by atoms with E-state index < -0.39 is 5.54 Å². The zero-order valence-electron chi connectivity index (χ0n) is 15.2. The smallest absolute Gasteiger partial charge is 0.254 e. The second-order valence-electron chi connectivity index (χ2n) is 6.91. The van der Waals surface area contributed by atoms with E-state index in [0.29, 0.717) is 10.0 Å². The van der Waals surface area contributed by atoms with E-state index in [9.17, 15) is 4.79 Å². The number of nitrogens with one attached hydrogen (secondary N) is 1. The van der Waals surface area contributed by atoms with Crippen LogP contribution >= 0.6 is 23.2 Å². The molecule has 0 saturated heterocycles. The van der Waals surface area contributed by atoms with Crippen LogP contribution in [0.4, 0.5) is 5.69 Å². The lowest BCUT2D eigenvalue weighted by Gasteiger charge is -2.38. The second kappa shape index (κ2) is 7.57. The Balaban J connectivity index is 2.14. The van der Waals surface area contributed by atoms with Gasteiger partial charge in [-0.3, -0.25) is 9.69 Å². The van der Waals surface area contributed by atoms with Crippen LogP contribution in [0.15, 0.2) is 42.5 Å². The molecule has 0 saturated carbocycles. The molecule has 0 bridgehead atoms. The van der Waals surface area contributed by atoms with E-state index in [1.165, 1.54) is 0 Å². The third-order valence-corrected chi connectivity index (χ3v) is 5.45. The summed E-state index contributed by atoms with van der Waals surface area (Å²) in [6.45, 7) is 1.68. The van der Waals surface area contributed by atoms with Crippen LogP contribution in [-0.2, 0) is 10.3 Å². The van der Waals surface area contributed by atoms with Crippen LogP contribution in [0.3, 0.4) is 0 Å². The molecule has 1 N–H and O–H groups in total. The summed E-state index contributed by atoms with van der Waals surface area (Å²) in [7, 11) is 6.05. The number of rotatable bonds is 6. The lowest BCUT2D eigenvalue weighted by molar-refractivity contribution is -0.124. The van der Waals surface area contributed by atoms with Crippen LogP contribution < -0.4 is 5.32 Å². The summed E-state index contributed by atoms with van der Waals surface area (Å²) < 4.78 is 0. The Labute approximate surface area is 164 Å². The van der Waals surface area contributed by atoms with Crippen LogP contribution in [0.25, 0.3) is 0 Å². The molecule has 1 unspecified atom stereocenters. The fourth-order valence-electron chi connectivity index (χ4n) is 3.66. The number of fused-ring (bicyclic) bond motifs is 1. The van der Waals surface area contributed by atoms with E-state index in [2.05, 4.69) is 15.1 Å². The minimum Gasteiger partial charge on any atom is -0.324 e. The molecule has 0 radical (unpaired) electrons. The van der Waals surface area contributed by atoms with Gasteiger partial charge in [0.25, 0.3) is 5.91 Å². The lowest BCUT2D eigenvalue weighted by atomic mass is 9.82. The quantitative estimate of drug-likeness (QED) is 0.805. The van der Waals surface area contributed by atoms with Crippen molar-refractivity contribution in [2.45, 2.75) is 12.0 Å². The molecule has 0 spiro atoms. The molecule has 6 heteroatoms. The SMILES string of the molecule is CN(C)CCCN(C)C1(c2ccccc2Cl)C(=O)Nc2ccc(Cl)cc21. The van der Waals surface area contributed by atoms with Gasteiger partial charge in [-0.05, 0) is 58.4 Å². The zero-order valence-corrected chi connectivity index (χ0v) is 16.7. The first-order chi connectivity index (χ1) is 12.4. The van der Waals surface area contributed by atoms with Gasteiger partial charge in [0.15, 0.2) is 5.54 Å². The first-order valence-corrected chi connectivity index (χ1v) is 9.35. The maximum absolute atomic E-state index is 13.3. The molecular formula is C20H23Cl2N3O. The molecule has 2 aromatic rings. The molecule has 26 heavy (non-hydrogen) atoms. The fourth-order valence-corrected chi connectivity index (χ4v) is 4.10. The highest BCUT2D eigenvalue weighted by Gasteiger charge is 2.52. The number of likely N-dealkylation sites (N-methyl/N-ethyl adjacent to an activating group) is 1. The number of carbonyl (C=O) groups excluding carboxylic acids is 1. The van der Waals surface area contributed by atoms with Crippen LogP contribution in [0.5, 0.6) is 0 Å². The number of benzene rings is 2. The van der Waals surface area contributed by atoms with E-state index in [0.717, 1.165) is 36.3 Å². The number of amides is 1. The summed E-state index contributed by atoms with van der Waals surface area (Å²) in [5, 5.41) is 4.17. The van der Waals surface area contributed by atoms with Crippen molar-refractivity contribution in [3.63, 3.8) is 0 Å². The molecule has 1 amide bonds. The first kappa shape index (κ1) is 19.2. The van der Waals surface area contributed by atoms with Gasteiger partial charge in [-0.25, -0.2) is 0 Å². The number of hydrogen-bond donors (Lipinski definition) is 1. The molecule has 1 atom stereocenters. The largest absolute Gasteiger partial charge is 0.324 e. The minimum atomic E-state index is -0.995. The van der Waals surface area contributed by atoms with Crippen molar-refractivity contribution in [3.8, 4) is 0 Å². The van der Waals surface area contributed by atoms with Crippen molar-refractivity contribution in [1.29, 1.82) is 0 Å². The molecule has 138 valence electrons. The van der Waals surface area contributed by atoms with Gasteiger partial charge in [0, 0.05) is 33.4 Å². The van der Waals surface area contributed by atoms with Crippen LogP contribution in [-0.4, -0.2) is 49.9 Å². The summed E-state index contributed by atoms with van der Waals surface area (Å²) in [4.78, 5) is 17.5. The third kappa shape index (κ3) is 3.23. The summed E-state index contributed by atoms with van der Waals surface area (Å²) >= 11 is 12.8. The molecule has 0 aromatic heterocycles. The predicted octanol–water partition coefficient (Wildman–Crippen LogP) is 4.07. The fraction of sp³-hybridized carbons (Fsp3) is 0.350. The van der Waals surface area contributed by atoms with Gasteiger partial charge in [-0.15, -0.1) is 0 Å². The lowest BCUT2D eigenvalue weighted by Crippen LogP contribution is -2.50. The van der Waals surface area contributed by atoms with Crippen molar-refractivity contribution in [1.82, 2.24) is 9.80 Å². The molecule has 1 aliphatic heterocycles. The van der Waals surface area contributed by atoms with E-state index in [1.807, 2.05) is 57.5 Å². The summed E-state index contributed by atoms with van der Waals surface area (Å²) in [6, 6.07) is 13.0. The predicted molar refractivity (Wildman–Crippen MR) is 108 cm³/mol. The van der Waals surface area contributed by atoms with E-state index in [4.69, 9.17) is 23.2 Å². The van der Waals surface area contributed by atoms with Gasteiger partial charge < -0.3 is 10.2 Å². The standard InChI is InChI=1S/C20H23Cl2N3O/c1-24(2)11-6-12-25(3)20(15-7-4-5-8-17(15)22)16-13-14(21)9-10-18(16)23-19(20)26/h4-5,7-10,13H,6,11-12H2,1-3H3,(H,23,26). The molecular weight excluding hydrogens is 369 g/mol. The Bertz CT molecular complexity index is 824. The monoisotopic (exact) mass is 391 g/mol. The van der Waals surface area contributed by atoms with Gasteiger partial charge in [0.05, 0.1) is 0 Å². The average molecular weight is 392 g/mol. The average Bonchev–Trinajstić information content (AvgIpc) is 2.87. The van der Waals surface area contributed by atoms with Crippen LogP contribution in [0, 0.1) is 0 Å². The highest BCUT2D eigenvalue weighted by atomic mass is 35.5. The third-order valence-electron chi connectivity index (χ3n) is 4.88.